The highest BCUT2D eigenvalue weighted by molar-refractivity contribution is 5.86. The zero-order valence-corrected chi connectivity index (χ0v) is 11.3. The molecule has 1 aliphatic carbocycles. The molecule has 1 aromatic carbocycles. The molecule has 100 valence electrons. The number of hydrazone groups is 1. The molecule has 0 radical (unpaired) electrons. The molecule has 0 saturated heterocycles. The molecule has 0 spiro atoms. The lowest BCUT2D eigenvalue weighted by molar-refractivity contribution is 0.429. The van der Waals surface area contributed by atoms with Gasteiger partial charge in [0.2, 0.25) is 5.95 Å². The first-order valence-electron chi connectivity index (χ1n) is 7.11. The Labute approximate surface area is 113 Å². The van der Waals surface area contributed by atoms with Crippen molar-refractivity contribution in [1.29, 1.82) is 0 Å². The second-order valence-corrected chi connectivity index (χ2v) is 5.24. The first-order chi connectivity index (χ1) is 9.35. The summed E-state index contributed by atoms with van der Waals surface area (Å²) in [5, 5.41) is 4.49. The third kappa shape index (κ3) is 2.78. The van der Waals surface area contributed by atoms with Crippen LogP contribution in [-0.2, 0) is 0 Å². The van der Waals surface area contributed by atoms with Gasteiger partial charge in [-0.3, -0.25) is 0 Å². The number of nitrogens with zero attached hydrogens (tertiary/aromatic N) is 2. The van der Waals surface area contributed by atoms with Crippen molar-refractivity contribution in [3.8, 4) is 0 Å². The number of aromatic amines is 1. The number of hydrogen-bond acceptors (Lipinski definition) is 3. The third-order valence-electron chi connectivity index (χ3n) is 3.97. The summed E-state index contributed by atoms with van der Waals surface area (Å²) in [6, 6.07) is 8.01. The molecule has 1 fully saturated rings. The smallest absolute Gasteiger partial charge is 0.222 e. The molecule has 0 atom stereocenters. The number of rotatable bonds is 3. The van der Waals surface area contributed by atoms with Crippen LogP contribution in [-0.4, -0.2) is 15.7 Å². The molecule has 0 amide bonds. The fourth-order valence-corrected chi connectivity index (χ4v) is 2.67. The van der Waals surface area contributed by atoms with Gasteiger partial charge in [0.15, 0.2) is 0 Å². The van der Waals surface area contributed by atoms with Gasteiger partial charge in [-0.1, -0.05) is 25.5 Å². The number of H-pyrrole nitrogens is 1. The summed E-state index contributed by atoms with van der Waals surface area (Å²) in [4.78, 5) is 7.68. The molecule has 0 bridgehead atoms. The van der Waals surface area contributed by atoms with Gasteiger partial charge in [-0.05, 0) is 43.7 Å². The monoisotopic (exact) mass is 256 g/mol. The van der Waals surface area contributed by atoms with Crippen molar-refractivity contribution in [1.82, 2.24) is 9.97 Å². The van der Waals surface area contributed by atoms with E-state index in [-0.39, 0.29) is 0 Å². The summed E-state index contributed by atoms with van der Waals surface area (Å²) in [6.07, 6.45) is 6.08. The Kier molecular flexibility index (Phi) is 3.49. The first-order valence-corrected chi connectivity index (χ1v) is 7.11. The van der Waals surface area contributed by atoms with E-state index in [1.807, 2.05) is 24.3 Å². The Hall–Kier alpha value is -1.84. The van der Waals surface area contributed by atoms with Crippen LogP contribution in [0.2, 0.25) is 0 Å². The lowest BCUT2D eigenvalue weighted by atomic mass is 9.86. The normalized spacial score (nSPS) is 19.6. The van der Waals surface area contributed by atoms with Gasteiger partial charge in [-0.2, -0.15) is 5.10 Å². The molecule has 4 nitrogen and oxygen atoms in total. The summed E-state index contributed by atoms with van der Waals surface area (Å²) < 4.78 is 0. The van der Waals surface area contributed by atoms with E-state index in [1.54, 1.807) is 0 Å². The lowest BCUT2D eigenvalue weighted by Gasteiger charge is -2.21. The molecule has 0 aliphatic heterocycles. The van der Waals surface area contributed by atoms with Gasteiger partial charge in [0, 0.05) is 5.71 Å². The van der Waals surface area contributed by atoms with Crippen LogP contribution < -0.4 is 5.43 Å². The molecule has 0 unspecified atom stereocenters. The fourth-order valence-electron chi connectivity index (χ4n) is 2.67. The topological polar surface area (TPSA) is 53.1 Å². The largest absolute Gasteiger partial charge is 0.323 e. The minimum Gasteiger partial charge on any atom is -0.323 e. The van der Waals surface area contributed by atoms with E-state index >= 15 is 0 Å². The van der Waals surface area contributed by atoms with Crippen LogP contribution in [0.25, 0.3) is 11.0 Å². The SMILES string of the molecule is CCC1CCC(=NNc2nc3ccccc3[nH]2)CC1. The number of nitrogens with one attached hydrogen (secondary N) is 2. The average Bonchev–Trinajstić information content (AvgIpc) is 2.88. The summed E-state index contributed by atoms with van der Waals surface area (Å²) in [5.74, 6) is 1.62. The molecular formula is C15H20N4. The van der Waals surface area contributed by atoms with E-state index in [4.69, 9.17) is 0 Å². The minimum atomic E-state index is 0.728. The van der Waals surface area contributed by atoms with E-state index in [1.165, 1.54) is 25.0 Å². The van der Waals surface area contributed by atoms with Crippen molar-refractivity contribution in [3.63, 3.8) is 0 Å². The van der Waals surface area contributed by atoms with Crippen molar-refractivity contribution in [2.45, 2.75) is 39.0 Å². The maximum Gasteiger partial charge on any atom is 0.222 e. The van der Waals surface area contributed by atoms with E-state index in [9.17, 15) is 0 Å². The van der Waals surface area contributed by atoms with Crippen LogP contribution in [0, 0.1) is 5.92 Å². The van der Waals surface area contributed by atoms with Crippen LogP contribution >= 0.6 is 0 Å². The Morgan fingerprint density at radius 1 is 1.32 bits per heavy atom. The van der Waals surface area contributed by atoms with Gasteiger partial charge in [-0.25, -0.2) is 10.4 Å². The molecule has 2 aromatic rings. The number of para-hydroxylation sites is 2. The number of benzene rings is 1. The van der Waals surface area contributed by atoms with E-state index in [2.05, 4.69) is 27.4 Å². The zero-order valence-electron chi connectivity index (χ0n) is 11.3. The number of fused-ring (bicyclic) bond motifs is 1. The minimum absolute atomic E-state index is 0.728. The van der Waals surface area contributed by atoms with Crippen LogP contribution in [0.5, 0.6) is 0 Å². The Balaban J connectivity index is 1.65. The van der Waals surface area contributed by atoms with Crippen LogP contribution in [0.3, 0.4) is 0 Å². The predicted molar refractivity (Wildman–Crippen MR) is 79.4 cm³/mol. The summed E-state index contributed by atoms with van der Waals surface area (Å²) in [6.45, 7) is 2.28. The molecule has 1 saturated carbocycles. The average molecular weight is 256 g/mol. The summed E-state index contributed by atoms with van der Waals surface area (Å²) >= 11 is 0. The number of imidazole rings is 1. The van der Waals surface area contributed by atoms with Gasteiger partial charge in [0.1, 0.15) is 0 Å². The van der Waals surface area contributed by atoms with Crippen molar-refractivity contribution in [3.05, 3.63) is 24.3 Å². The fraction of sp³-hybridized carbons (Fsp3) is 0.467. The van der Waals surface area contributed by atoms with E-state index in [0.717, 1.165) is 35.7 Å². The van der Waals surface area contributed by atoms with Crippen molar-refractivity contribution >= 4 is 22.7 Å². The van der Waals surface area contributed by atoms with Gasteiger partial charge < -0.3 is 4.98 Å². The Morgan fingerprint density at radius 3 is 2.84 bits per heavy atom. The molecule has 1 heterocycles. The Morgan fingerprint density at radius 2 is 2.11 bits per heavy atom. The third-order valence-corrected chi connectivity index (χ3v) is 3.97. The number of hydrogen-bond donors (Lipinski definition) is 2. The van der Waals surface area contributed by atoms with E-state index < -0.39 is 0 Å². The van der Waals surface area contributed by atoms with Crippen LogP contribution in [0.4, 0.5) is 5.95 Å². The van der Waals surface area contributed by atoms with Gasteiger partial charge in [0.25, 0.3) is 0 Å². The Bertz CT molecular complexity index is 542. The highest BCUT2D eigenvalue weighted by Gasteiger charge is 2.15. The predicted octanol–water partition coefficient (Wildman–Crippen LogP) is 3.93. The highest BCUT2D eigenvalue weighted by Crippen LogP contribution is 2.24. The molecule has 19 heavy (non-hydrogen) atoms. The molecule has 2 N–H and O–H groups in total. The number of aromatic nitrogens is 2. The maximum atomic E-state index is 4.49. The molecule has 1 aromatic heterocycles. The molecule has 1 aliphatic rings. The van der Waals surface area contributed by atoms with Crippen molar-refractivity contribution < 1.29 is 0 Å². The quantitative estimate of drug-likeness (QED) is 0.817. The van der Waals surface area contributed by atoms with Crippen LogP contribution in [0.15, 0.2) is 29.4 Å². The first kappa shape index (κ1) is 12.2. The van der Waals surface area contributed by atoms with Gasteiger partial charge in [-0.15, -0.1) is 0 Å². The van der Waals surface area contributed by atoms with Crippen LogP contribution in [0.1, 0.15) is 39.0 Å². The number of anilines is 1. The van der Waals surface area contributed by atoms with Crippen molar-refractivity contribution in [2.24, 2.45) is 11.0 Å². The van der Waals surface area contributed by atoms with Crippen molar-refractivity contribution in [2.75, 3.05) is 5.43 Å². The zero-order chi connectivity index (χ0) is 13.1. The standard InChI is InChI=1S/C15H20N4/c1-2-11-7-9-12(10-8-11)18-19-15-16-13-5-3-4-6-14(13)17-15/h3-6,11H,2,7-10H2,1H3,(H2,16,17,19). The molecule has 4 heteroatoms. The highest BCUT2D eigenvalue weighted by atomic mass is 15.4. The summed E-state index contributed by atoms with van der Waals surface area (Å²) in [5.41, 5.74) is 6.34. The second kappa shape index (κ2) is 5.43. The van der Waals surface area contributed by atoms with Gasteiger partial charge >= 0.3 is 0 Å². The molecule has 3 rings (SSSR count). The second-order valence-electron chi connectivity index (χ2n) is 5.24. The maximum absolute atomic E-state index is 4.49. The molecular weight excluding hydrogens is 236 g/mol. The van der Waals surface area contributed by atoms with Gasteiger partial charge in [0.05, 0.1) is 11.0 Å². The lowest BCUT2D eigenvalue weighted by Crippen LogP contribution is -2.14. The van der Waals surface area contributed by atoms with E-state index in [0.29, 0.717) is 0 Å². The summed E-state index contributed by atoms with van der Waals surface area (Å²) in [7, 11) is 0.